The van der Waals surface area contributed by atoms with Crippen LogP contribution in [0.4, 0.5) is 0 Å². The number of nitrogens with zero attached hydrogens (tertiary/aromatic N) is 2. The van der Waals surface area contributed by atoms with Crippen LogP contribution in [0.5, 0.6) is 5.75 Å². The van der Waals surface area contributed by atoms with Crippen LogP contribution in [0, 0.1) is 0 Å². The van der Waals surface area contributed by atoms with Gasteiger partial charge in [0.1, 0.15) is 5.75 Å². The van der Waals surface area contributed by atoms with E-state index < -0.39 is 9.84 Å². The van der Waals surface area contributed by atoms with E-state index in [-0.39, 0.29) is 16.6 Å². The maximum absolute atomic E-state index is 12.8. The molecule has 6 nitrogen and oxygen atoms in total. The third kappa shape index (κ3) is 5.50. The second-order valence-electron chi connectivity index (χ2n) is 6.97. The van der Waals surface area contributed by atoms with Gasteiger partial charge in [-0.15, -0.1) is 0 Å². The average Bonchev–Trinajstić information content (AvgIpc) is 2.98. The van der Waals surface area contributed by atoms with E-state index in [4.69, 9.17) is 16.3 Å². The van der Waals surface area contributed by atoms with Crippen molar-refractivity contribution in [1.82, 2.24) is 9.80 Å². The van der Waals surface area contributed by atoms with Crippen molar-refractivity contribution in [1.29, 1.82) is 0 Å². The summed E-state index contributed by atoms with van der Waals surface area (Å²) < 4.78 is 30.4. The molecule has 0 radical (unpaired) electrons. The number of carbonyl (C=O) groups is 1. The number of benzene rings is 2. The lowest BCUT2D eigenvalue weighted by atomic mass is 10.2. The molecule has 29 heavy (non-hydrogen) atoms. The van der Waals surface area contributed by atoms with Gasteiger partial charge in [-0.25, -0.2) is 8.42 Å². The minimum atomic E-state index is -3.40. The molecule has 2 aromatic rings. The largest absolute Gasteiger partial charge is 0.497 e. The molecule has 3 rings (SSSR count). The number of amides is 1. The van der Waals surface area contributed by atoms with Gasteiger partial charge in [-0.2, -0.15) is 0 Å². The number of hydrogen-bond donors (Lipinski definition) is 0. The molecule has 0 atom stereocenters. The normalized spacial score (nSPS) is 15.7. The van der Waals surface area contributed by atoms with E-state index >= 15 is 0 Å². The molecule has 0 saturated carbocycles. The molecule has 1 aliphatic heterocycles. The highest BCUT2D eigenvalue weighted by Gasteiger charge is 2.23. The minimum Gasteiger partial charge on any atom is -0.497 e. The van der Waals surface area contributed by atoms with Crippen molar-refractivity contribution in [3.63, 3.8) is 0 Å². The van der Waals surface area contributed by atoms with Gasteiger partial charge in [0.2, 0.25) is 0 Å². The first-order chi connectivity index (χ1) is 13.9. The van der Waals surface area contributed by atoms with Crippen LogP contribution in [-0.2, 0) is 9.84 Å². The molecule has 0 aromatic heterocycles. The van der Waals surface area contributed by atoms with Gasteiger partial charge in [0.15, 0.2) is 9.84 Å². The second-order valence-corrected chi connectivity index (χ2v) is 9.48. The Labute approximate surface area is 176 Å². The van der Waals surface area contributed by atoms with E-state index in [1.54, 1.807) is 53.4 Å². The predicted octanol–water partition coefficient (Wildman–Crippen LogP) is 2.97. The lowest BCUT2D eigenvalue weighted by molar-refractivity contribution is 0.0762. The first-order valence-corrected chi connectivity index (χ1v) is 11.6. The summed E-state index contributed by atoms with van der Waals surface area (Å²) >= 11 is 6.15. The Hall–Kier alpha value is -2.09. The molecule has 156 valence electrons. The maximum atomic E-state index is 12.8. The first kappa shape index (κ1) is 21.6. The molecule has 0 aliphatic carbocycles. The number of carbonyl (C=O) groups excluding carboxylic acids is 1. The Bertz CT molecular complexity index is 965. The summed E-state index contributed by atoms with van der Waals surface area (Å²) in [4.78, 5) is 16.9. The molecule has 2 aromatic carbocycles. The van der Waals surface area contributed by atoms with Crippen molar-refractivity contribution >= 4 is 27.3 Å². The van der Waals surface area contributed by atoms with Crippen LogP contribution in [0.2, 0.25) is 5.02 Å². The summed E-state index contributed by atoms with van der Waals surface area (Å²) in [6.07, 6.45) is 0.787. The van der Waals surface area contributed by atoms with E-state index in [1.807, 2.05) is 0 Å². The van der Waals surface area contributed by atoms with Crippen molar-refractivity contribution in [2.75, 3.05) is 45.6 Å². The number of sulfone groups is 1. The molecule has 0 unspecified atom stereocenters. The van der Waals surface area contributed by atoms with E-state index in [1.165, 1.54) is 7.11 Å². The molecule has 8 heteroatoms. The third-order valence-corrected chi connectivity index (χ3v) is 7.08. The Balaban J connectivity index is 1.58. The molecule has 1 fully saturated rings. The van der Waals surface area contributed by atoms with Crippen LogP contribution in [0.1, 0.15) is 16.8 Å². The van der Waals surface area contributed by atoms with E-state index in [2.05, 4.69) is 4.90 Å². The van der Waals surface area contributed by atoms with Crippen molar-refractivity contribution < 1.29 is 17.9 Å². The highest BCUT2D eigenvalue weighted by Crippen LogP contribution is 2.20. The Morgan fingerprint density at radius 2 is 1.86 bits per heavy atom. The third-order valence-electron chi connectivity index (χ3n) is 5.06. The van der Waals surface area contributed by atoms with Crippen molar-refractivity contribution in [3.8, 4) is 5.75 Å². The molecule has 1 amide bonds. The summed E-state index contributed by atoms with van der Waals surface area (Å²) in [5.41, 5.74) is 0.503. The van der Waals surface area contributed by atoms with Crippen LogP contribution in [0.25, 0.3) is 0 Å². The fourth-order valence-corrected chi connectivity index (χ4v) is 4.90. The quantitative estimate of drug-likeness (QED) is 0.696. The molecular weight excluding hydrogens is 412 g/mol. The van der Waals surface area contributed by atoms with Crippen LogP contribution in [0.3, 0.4) is 0 Å². The summed E-state index contributed by atoms with van der Waals surface area (Å²) in [6.45, 7) is 2.98. The lowest BCUT2D eigenvalue weighted by Crippen LogP contribution is -2.36. The van der Waals surface area contributed by atoms with E-state index in [0.717, 1.165) is 13.0 Å². The molecule has 0 spiro atoms. The van der Waals surface area contributed by atoms with Gasteiger partial charge < -0.3 is 14.5 Å². The highest BCUT2D eigenvalue weighted by atomic mass is 35.5. The summed E-state index contributed by atoms with van der Waals surface area (Å²) in [5, 5.41) is 0.447. The van der Waals surface area contributed by atoms with Gasteiger partial charge >= 0.3 is 0 Å². The topological polar surface area (TPSA) is 66.9 Å². The molecule has 1 heterocycles. The van der Waals surface area contributed by atoms with Gasteiger partial charge in [-0.3, -0.25) is 4.79 Å². The van der Waals surface area contributed by atoms with E-state index in [0.29, 0.717) is 42.5 Å². The maximum Gasteiger partial charge on any atom is 0.255 e. The van der Waals surface area contributed by atoms with Crippen LogP contribution in [0.15, 0.2) is 53.4 Å². The number of methoxy groups -OCH3 is 1. The first-order valence-electron chi connectivity index (χ1n) is 9.54. The summed E-state index contributed by atoms with van der Waals surface area (Å²) in [7, 11) is -1.89. The highest BCUT2D eigenvalue weighted by molar-refractivity contribution is 7.91. The zero-order valence-corrected chi connectivity index (χ0v) is 18.0. The monoisotopic (exact) mass is 436 g/mol. The fraction of sp³-hybridized carbons (Fsp3) is 0.381. The van der Waals surface area contributed by atoms with Gasteiger partial charge in [-0.1, -0.05) is 29.8 Å². The average molecular weight is 437 g/mol. The van der Waals surface area contributed by atoms with Gasteiger partial charge in [-0.05, 0) is 43.3 Å². The number of hydrogen-bond acceptors (Lipinski definition) is 5. The van der Waals surface area contributed by atoms with Crippen LogP contribution >= 0.6 is 11.6 Å². The lowest BCUT2D eigenvalue weighted by Gasteiger charge is -2.22. The number of rotatable bonds is 6. The standard InChI is InChI=1S/C21H25ClN2O4S/c1-28-17-6-4-7-18(16-17)29(26,27)15-14-23-10-5-11-24(13-12-23)21(25)19-8-2-3-9-20(19)22/h2-4,6-9,16H,5,10-15H2,1H3. The van der Waals surface area contributed by atoms with Crippen LogP contribution < -0.4 is 4.74 Å². The Morgan fingerprint density at radius 3 is 2.62 bits per heavy atom. The fourth-order valence-electron chi connectivity index (χ4n) is 3.36. The smallest absolute Gasteiger partial charge is 0.255 e. The summed E-state index contributed by atoms with van der Waals surface area (Å²) in [5.74, 6) is 0.467. The van der Waals surface area contributed by atoms with E-state index in [9.17, 15) is 13.2 Å². The van der Waals surface area contributed by atoms with Gasteiger partial charge in [0.05, 0.1) is 28.3 Å². The van der Waals surface area contributed by atoms with Crippen molar-refractivity contribution in [2.45, 2.75) is 11.3 Å². The number of ether oxygens (including phenoxy) is 1. The van der Waals surface area contributed by atoms with Crippen molar-refractivity contribution in [3.05, 3.63) is 59.1 Å². The second kappa shape index (κ2) is 9.61. The zero-order valence-electron chi connectivity index (χ0n) is 16.4. The van der Waals surface area contributed by atoms with Crippen LogP contribution in [-0.4, -0.2) is 69.7 Å². The molecule has 0 N–H and O–H groups in total. The van der Waals surface area contributed by atoms with Gasteiger partial charge in [0, 0.05) is 26.2 Å². The van der Waals surface area contributed by atoms with Crippen molar-refractivity contribution in [2.24, 2.45) is 0 Å². The van der Waals surface area contributed by atoms with Gasteiger partial charge in [0.25, 0.3) is 5.91 Å². The SMILES string of the molecule is COc1cccc(S(=O)(=O)CCN2CCCN(C(=O)c3ccccc3Cl)CC2)c1. The zero-order chi connectivity index (χ0) is 20.9. The Morgan fingerprint density at radius 1 is 1.07 bits per heavy atom. The molecular formula is C21H25ClN2O4S. The predicted molar refractivity (Wildman–Crippen MR) is 113 cm³/mol. The minimum absolute atomic E-state index is 0.0264. The summed E-state index contributed by atoms with van der Waals surface area (Å²) in [6, 6.07) is 13.6. The number of halogens is 1. The molecule has 0 bridgehead atoms. The Kier molecular flexibility index (Phi) is 7.16. The molecule has 1 saturated heterocycles. The molecule has 1 aliphatic rings.